The Hall–Kier alpha value is -0.280. The van der Waals surface area contributed by atoms with Gasteiger partial charge in [-0.2, -0.15) is 0 Å². The Morgan fingerprint density at radius 3 is 1.00 bits per heavy atom. The van der Waals surface area contributed by atoms with Crippen molar-refractivity contribution in [2.45, 2.75) is 11.8 Å². The minimum atomic E-state index is -3.34. The maximum absolute atomic E-state index is 11.4. The fraction of sp³-hybridized carbons (Fsp3) is 0.500. The lowest BCUT2D eigenvalue weighted by atomic mass is 9.90. The van der Waals surface area contributed by atoms with Crippen LogP contribution in [-0.4, -0.2) is 11.8 Å². The molecule has 0 aromatic carbocycles. The van der Waals surface area contributed by atoms with Crippen molar-refractivity contribution in [2.24, 2.45) is 0 Å². The first-order valence-electron chi connectivity index (χ1n) is 1.91. The minimum absolute atomic E-state index is 0.292. The van der Waals surface area contributed by atoms with E-state index in [4.69, 9.17) is 0 Å². The molecule has 0 unspecified atom stereocenters. The maximum Gasteiger partial charge on any atom is 0.266 e. The molecule has 46 valence electrons. The molecule has 4 heteroatoms. The van der Waals surface area contributed by atoms with E-state index in [2.05, 4.69) is 0 Å². The highest BCUT2D eigenvalue weighted by Gasteiger charge is 2.59. The summed E-state index contributed by atoms with van der Waals surface area (Å²) in [7, 11) is 0. The van der Waals surface area contributed by atoms with Crippen molar-refractivity contribution in [2.75, 3.05) is 0 Å². The van der Waals surface area contributed by atoms with Gasteiger partial charge in [-0.15, -0.1) is 0 Å². The lowest BCUT2D eigenvalue weighted by molar-refractivity contribution is -0.106. The third-order valence-electron chi connectivity index (χ3n) is 0.770. The molecule has 1 aliphatic rings. The third kappa shape index (κ3) is 0.928. The Morgan fingerprint density at radius 1 is 0.750 bits per heavy atom. The van der Waals surface area contributed by atoms with Crippen LogP contribution in [0.3, 0.4) is 0 Å². The van der Waals surface area contributed by atoms with Crippen LogP contribution in [0.1, 0.15) is 0 Å². The molecule has 0 spiro atoms. The topological polar surface area (TPSA) is 0 Å². The molecule has 1 fully saturated rings. The Balaban J connectivity index is 2.42. The molecule has 1 aliphatic carbocycles. The molecule has 2 radical (unpaired) electrons. The molecule has 0 aromatic heterocycles. The molecule has 0 nitrogen and oxygen atoms in total. The first-order chi connectivity index (χ1) is 3.41. The van der Waals surface area contributed by atoms with Crippen LogP contribution in [0, 0.1) is 12.8 Å². The second-order valence-electron chi connectivity index (χ2n) is 1.64. The Kier molecular flexibility index (Phi) is 0.854. The molecular formula is C4H2F4. The summed E-state index contributed by atoms with van der Waals surface area (Å²) in [6, 6.07) is 0. The average Bonchev–Trinajstić information content (AvgIpc) is 1.20. The zero-order valence-corrected chi connectivity index (χ0v) is 3.67. The monoisotopic (exact) mass is 126 g/mol. The van der Waals surface area contributed by atoms with Gasteiger partial charge in [0.1, 0.15) is 12.8 Å². The smallest absolute Gasteiger partial charge is 0.206 e. The molecule has 0 amide bonds. The van der Waals surface area contributed by atoms with Crippen LogP contribution in [-0.2, 0) is 0 Å². The summed E-state index contributed by atoms with van der Waals surface area (Å²) < 4.78 is 45.8. The molecule has 8 heavy (non-hydrogen) atoms. The maximum atomic E-state index is 11.4. The number of hydrogen-bond acceptors (Lipinski definition) is 0. The van der Waals surface area contributed by atoms with E-state index in [1.165, 1.54) is 0 Å². The molecule has 0 bridgehead atoms. The normalized spacial score (nSPS) is 31.5. The van der Waals surface area contributed by atoms with Gasteiger partial charge in [0.25, 0.3) is 11.8 Å². The van der Waals surface area contributed by atoms with Crippen LogP contribution in [0.15, 0.2) is 0 Å². The summed E-state index contributed by atoms with van der Waals surface area (Å²) in [5.41, 5.74) is 0. The largest absolute Gasteiger partial charge is 0.266 e. The van der Waals surface area contributed by atoms with E-state index in [1.807, 2.05) is 0 Å². The standard InChI is InChI=1S/C4H2F4/c5-3(6)1-4(7,8)2-3/h1-2H. The van der Waals surface area contributed by atoms with E-state index in [0.717, 1.165) is 0 Å². The molecular weight excluding hydrogens is 124 g/mol. The summed E-state index contributed by atoms with van der Waals surface area (Å²) in [5, 5.41) is 0. The van der Waals surface area contributed by atoms with Gasteiger partial charge in [0.05, 0.1) is 0 Å². The van der Waals surface area contributed by atoms with Gasteiger partial charge in [-0.1, -0.05) is 0 Å². The van der Waals surface area contributed by atoms with Crippen molar-refractivity contribution in [1.29, 1.82) is 0 Å². The number of hydrogen-bond donors (Lipinski definition) is 0. The Morgan fingerprint density at radius 2 is 1.00 bits per heavy atom. The van der Waals surface area contributed by atoms with Gasteiger partial charge in [-0.3, -0.25) is 0 Å². The molecule has 0 heterocycles. The van der Waals surface area contributed by atoms with Crippen molar-refractivity contribution in [1.82, 2.24) is 0 Å². The Bertz CT molecular complexity index is 84.6. The minimum Gasteiger partial charge on any atom is -0.206 e. The summed E-state index contributed by atoms with van der Waals surface area (Å²) in [6.07, 6.45) is -0.583. The van der Waals surface area contributed by atoms with Crippen LogP contribution in [0.2, 0.25) is 0 Å². The lowest BCUT2D eigenvalue weighted by Crippen LogP contribution is -2.47. The molecule has 0 saturated heterocycles. The van der Waals surface area contributed by atoms with Crippen molar-refractivity contribution >= 4 is 0 Å². The van der Waals surface area contributed by atoms with E-state index in [-0.39, 0.29) is 12.8 Å². The van der Waals surface area contributed by atoms with Crippen molar-refractivity contribution in [3.8, 4) is 0 Å². The lowest BCUT2D eigenvalue weighted by Gasteiger charge is -2.32. The van der Waals surface area contributed by atoms with Crippen molar-refractivity contribution in [3.63, 3.8) is 0 Å². The number of halogens is 4. The number of rotatable bonds is 0. The molecule has 1 rings (SSSR count). The SMILES string of the molecule is FC1(F)[CH]C(F)(F)[CH]1. The molecule has 0 atom stereocenters. The fourth-order valence-electron chi connectivity index (χ4n) is 0.500. The van der Waals surface area contributed by atoms with Crippen molar-refractivity contribution < 1.29 is 17.6 Å². The van der Waals surface area contributed by atoms with E-state index in [9.17, 15) is 17.6 Å². The molecule has 0 aromatic rings. The predicted molar refractivity (Wildman–Crippen MR) is 18.5 cm³/mol. The van der Waals surface area contributed by atoms with Gasteiger partial charge >= 0.3 is 0 Å². The highest BCUT2D eigenvalue weighted by atomic mass is 19.3. The van der Waals surface area contributed by atoms with Crippen molar-refractivity contribution in [3.05, 3.63) is 12.8 Å². The fourth-order valence-corrected chi connectivity index (χ4v) is 0.500. The third-order valence-corrected chi connectivity index (χ3v) is 0.770. The zero-order valence-electron chi connectivity index (χ0n) is 3.67. The van der Waals surface area contributed by atoms with E-state index < -0.39 is 11.8 Å². The van der Waals surface area contributed by atoms with E-state index in [0.29, 0.717) is 0 Å². The molecule has 0 N–H and O–H groups in total. The highest BCUT2D eigenvalue weighted by molar-refractivity contribution is 5.23. The zero-order chi connectivity index (χ0) is 6.41. The Labute approximate surface area is 43.5 Å². The van der Waals surface area contributed by atoms with E-state index in [1.54, 1.807) is 0 Å². The predicted octanol–water partition coefficient (Wildman–Crippen LogP) is 1.68. The first-order valence-corrected chi connectivity index (χ1v) is 1.91. The number of alkyl halides is 4. The van der Waals surface area contributed by atoms with Crippen LogP contribution in [0.4, 0.5) is 17.6 Å². The van der Waals surface area contributed by atoms with Crippen LogP contribution in [0.25, 0.3) is 0 Å². The van der Waals surface area contributed by atoms with Gasteiger partial charge in [-0.25, -0.2) is 17.6 Å². The summed E-state index contributed by atoms with van der Waals surface area (Å²) in [6.45, 7) is 0. The molecule has 1 saturated carbocycles. The molecule has 0 aliphatic heterocycles. The van der Waals surface area contributed by atoms with E-state index >= 15 is 0 Å². The quantitative estimate of drug-likeness (QED) is 0.433. The van der Waals surface area contributed by atoms with Gasteiger partial charge in [-0.05, 0) is 0 Å². The highest BCUT2D eigenvalue weighted by Crippen LogP contribution is 2.46. The summed E-state index contributed by atoms with van der Waals surface area (Å²) >= 11 is 0. The summed E-state index contributed by atoms with van der Waals surface area (Å²) in [4.78, 5) is 0. The van der Waals surface area contributed by atoms with Crippen LogP contribution < -0.4 is 0 Å². The average molecular weight is 126 g/mol. The van der Waals surface area contributed by atoms with Gasteiger partial charge in [0.15, 0.2) is 0 Å². The van der Waals surface area contributed by atoms with Gasteiger partial charge in [0, 0.05) is 0 Å². The summed E-state index contributed by atoms with van der Waals surface area (Å²) in [5.74, 6) is -6.69. The second kappa shape index (κ2) is 1.17. The van der Waals surface area contributed by atoms with Gasteiger partial charge in [0.2, 0.25) is 0 Å². The van der Waals surface area contributed by atoms with Crippen LogP contribution in [0.5, 0.6) is 0 Å². The first kappa shape index (κ1) is 5.85. The second-order valence-corrected chi connectivity index (χ2v) is 1.64. The van der Waals surface area contributed by atoms with Gasteiger partial charge < -0.3 is 0 Å². The van der Waals surface area contributed by atoms with Crippen LogP contribution >= 0.6 is 0 Å².